The number of rotatable bonds is 7. The Labute approximate surface area is 221 Å². The van der Waals surface area contributed by atoms with Gasteiger partial charge in [0.2, 0.25) is 0 Å². The van der Waals surface area contributed by atoms with E-state index in [1.807, 2.05) is 12.3 Å². The molecule has 4 heterocycles. The molecule has 1 aliphatic carbocycles. The highest BCUT2D eigenvalue weighted by molar-refractivity contribution is 7.90. The van der Waals surface area contributed by atoms with E-state index in [0.29, 0.717) is 41.8 Å². The Morgan fingerprint density at radius 3 is 2.63 bits per heavy atom. The molecule has 1 aromatic carbocycles. The summed E-state index contributed by atoms with van der Waals surface area (Å²) in [5.74, 6) is 1.90. The average molecular weight is 529 g/mol. The zero-order chi connectivity index (χ0) is 26.6. The van der Waals surface area contributed by atoms with E-state index >= 15 is 0 Å². The summed E-state index contributed by atoms with van der Waals surface area (Å²) in [4.78, 5) is 15.8. The number of nitrogens with one attached hydrogen (secondary N) is 1. The highest BCUT2D eigenvalue weighted by atomic mass is 32.2. The van der Waals surface area contributed by atoms with Crippen LogP contribution in [-0.4, -0.2) is 50.4 Å². The van der Waals surface area contributed by atoms with Crippen molar-refractivity contribution in [1.29, 1.82) is 5.26 Å². The topological polar surface area (TPSA) is 130 Å². The van der Waals surface area contributed by atoms with Crippen LogP contribution < -0.4 is 10.2 Å². The number of fused-ring (bicyclic) bond motifs is 1. The summed E-state index contributed by atoms with van der Waals surface area (Å²) in [6.45, 7) is 7.14. The van der Waals surface area contributed by atoms with E-state index in [1.54, 1.807) is 12.3 Å². The zero-order valence-electron chi connectivity index (χ0n) is 21.4. The van der Waals surface area contributed by atoms with Gasteiger partial charge in [-0.25, -0.2) is 23.4 Å². The second-order valence-corrected chi connectivity index (χ2v) is 12.4. The van der Waals surface area contributed by atoms with E-state index in [4.69, 9.17) is 0 Å². The van der Waals surface area contributed by atoms with Gasteiger partial charge in [0.05, 0.1) is 35.2 Å². The number of hydrogen-bond acceptors (Lipinski definition) is 9. The maximum absolute atomic E-state index is 12.5. The largest absolute Gasteiger partial charge is 0.365 e. The number of nitrogens with zero attached hydrogens (tertiary/aromatic N) is 7. The summed E-state index contributed by atoms with van der Waals surface area (Å²) < 4.78 is 26.0. The van der Waals surface area contributed by atoms with Gasteiger partial charge in [-0.05, 0) is 54.8 Å². The summed E-state index contributed by atoms with van der Waals surface area (Å²) in [6, 6.07) is 10.6. The number of hydrogen-bond donors (Lipinski definition) is 1. The first-order valence-electron chi connectivity index (χ1n) is 12.7. The van der Waals surface area contributed by atoms with Gasteiger partial charge in [-0.3, -0.25) is 0 Å². The van der Waals surface area contributed by atoms with Crippen molar-refractivity contribution in [2.45, 2.75) is 50.8 Å². The molecule has 4 aromatic rings. The van der Waals surface area contributed by atoms with Crippen LogP contribution in [0.2, 0.25) is 0 Å². The Bertz CT molecular complexity index is 1690. The standard InChI is InChI=1S/C27H28N8O2S/c1-16(2)21-6-7-24(34-14-18(11-28)17(34)3)23-13-30-26(10-22(21)23)32-25-8-9-29-27(33-25)19-12-31-35(15-19)38(36,37)20-4-5-20/h6-10,12-13,15-18,20H,4-5,14H2,1-3H3,(H,29,30,32,33)/t17-,18?/m0/s1. The SMILES string of the molecule is CC(C)c1ccc(N2CC(C#N)[C@@H]2C)c2cnc(Nc3ccnc(-c4cnn(S(=O)(=O)C5CC5)c4)n3)cc12. The summed E-state index contributed by atoms with van der Waals surface area (Å²) in [6.07, 6.45) is 7.77. The third-order valence-electron chi connectivity index (χ3n) is 7.41. The number of nitriles is 1. The fourth-order valence-electron chi connectivity index (χ4n) is 4.92. The minimum Gasteiger partial charge on any atom is -0.365 e. The van der Waals surface area contributed by atoms with Gasteiger partial charge in [0.1, 0.15) is 11.6 Å². The lowest BCUT2D eigenvalue weighted by molar-refractivity contribution is 0.387. The van der Waals surface area contributed by atoms with E-state index in [2.05, 4.69) is 69.2 Å². The fourth-order valence-corrected chi connectivity index (χ4v) is 6.40. The molecule has 0 spiro atoms. The van der Waals surface area contributed by atoms with E-state index in [9.17, 15) is 13.7 Å². The van der Waals surface area contributed by atoms with Crippen LogP contribution in [0, 0.1) is 17.2 Å². The third-order valence-corrected chi connectivity index (χ3v) is 9.45. The Hall–Kier alpha value is -4.04. The van der Waals surface area contributed by atoms with Crippen molar-refractivity contribution in [3.8, 4) is 17.5 Å². The van der Waals surface area contributed by atoms with E-state index in [1.165, 1.54) is 18.0 Å². The van der Waals surface area contributed by atoms with Crippen molar-refractivity contribution in [3.63, 3.8) is 0 Å². The monoisotopic (exact) mass is 528 g/mol. The fraction of sp³-hybridized carbons (Fsp3) is 0.370. The van der Waals surface area contributed by atoms with Crippen molar-refractivity contribution in [2.75, 3.05) is 16.8 Å². The lowest BCUT2D eigenvalue weighted by Crippen LogP contribution is -2.54. The van der Waals surface area contributed by atoms with Crippen molar-refractivity contribution in [1.82, 2.24) is 24.1 Å². The highest BCUT2D eigenvalue weighted by Crippen LogP contribution is 2.39. The smallest absolute Gasteiger partial charge is 0.256 e. The maximum Gasteiger partial charge on any atom is 0.256 e. The molecular formula is C27H28N8O2S. The van der Waals surface area contributed by atoms with Crippen molar-refractivity contribution < 1.29 is 8.42 Å². The van der Waals surface area contributed by atoms with E-state index in [0.717, 1.165) is 27.1 Å². The first-order chi connectivity index (χ1) is 18.3. The Morgan fingerprint density at radius 1 is 1.11 bits per heavy atom. The van der Waals surface area contributed by atoms with Gasteiger partial charge < -0.3 is 10.2 Å². The Morgan fingerprint density at radius 2 is 1.92 bits per heavy atom. The van der Waals surface area contributed by atoms with Crippen molar-refractivity contribution in [2.24, 2.45) is 5.92 Å². The van der Waals surface area contributed by atoms with Crippen LogP contribution >= 0.6 is 0 Å². The van der Waals surface area contributed by atoms with E-state index in [-0.39, 0.29) is 17.2 Å². The molecule has 11 heteroatoms. The predicted molar refractivity (Wildman–Crippen MR) is 146 cm³/mol. The average Bonchev–Trinajstić information content (AvgIpc) is 3.65. The number of anilines is 3. The molecule has 1 unspecified atom stereocenters. The van der Waals surface area contributed by atoms with Gasteiger partial charge in [-0.2, -0.15) is 14.4 Å². The number of pyridine rings is 1. The molecule has 194 valence electrons. The van der Waals surface area contributed by atoms with Crippen molar-refractivity contribution >= 4 is 38.1 Å². The highest BCUT2D eigenvalue weighted by Gasteiger charge is 2.38. The zero-order valence-corrected chi connectivity index (χ0v) is 22.2. The summed E-state index contributed by atoms with van der Waals surface area (Å²) in [5, 5.41) is 18.5. The number of aromatic nitrogens is 5. The minimum atomic E-state index is -3.45. The van der Waals surface area contributed by atoms with Crippen LogP contribution in [0.1, 0.15) is 45.1 Å². The molecule has 10 nitrogen and oxygen atoms in total. The van der Waals surface area contributed by atoms with Gasteiger partial charge in [-0.1, -0.05) is 19.9 Å². The predicted octanol–water partition coefficient (Wildman–Crippen LogP) is 4.44. The molecular weight excluding hydrogens is 500 g/mol. The van der Waals surface area contributed by atoms with Crippen LogP contribution in [0.15, 0.2) is 49.1 Å². The molecule has 0 radical (unpaired) electrons. The minimum absolute atomic E-state index is 0.0385. The summed E-state index contributed by atoms with van der Waals surface area (Å²) in [5.41, 5.74) is 2.83. The van der Waals surface area contributed by atoms with Crippen LogP contribution in [0.3, 0.4) is 0 Å². The summed E-state index contributed by atoms with van der Waals surface area (Å²) >= 11 is 0. The van der Waals surface area contributed by atoms with Crippen LogP contribution in [-0.2, 0) is 10.0 Å². The van der Waals surface area contributed by atoms with Gasteiger partial charge in [0.15, 0.2) is 5.82 Å². The summed E-state index contributed by atoms with van der Waals surface area (Å²) in [7, 11) is -3.45. The molecule has 3 aromatic heterocycles. The van der Waals surface area contributed by atoms with Gasteiger partial charge in [0, 0.05) is 36.1 Å². The first-order valence-corrected chi connectivity index (χ1v) is 14.2. The molecule has 1 N–H and O–H groups in total. The molecule has 0 bridgehead atoms. The van der Waals surface area contributed by atoms with Gasteiger partial charge >= 0.3 is 0 Å². The molecule has 2 aliphatic rings. The number of benzene rings is 1. The van der Waals surface area contributed by atoms with E-state index < -0.39 is 10.0 Å². The van der Waals surface area contributed by atoms with Crippen LogP contribution in [0.4, 0.5) is 17.3 Å². The lowest BCUT2D eigenvalue weighted by Gasteiger charge is -2.45. The molecule has 1 aliphatic heterocycles. The Balaban J connectivity index is 1.30. The maximum atomic E-state index is 12.5. The van der Waals surface area contributed by atoms with Crippen LogP contribution in [0.5, 0.6) is 0 Å². The molecule has 1 saturated heterocycles. The lowest BCUT2D eigenvalue weighted by atomic mass is 9.88. The molecule has 2 fully saturated rings. The van der Waals surface area contributed by atoms with Gasteiger partial charge in [-0.15, -0.1) is 0 Å². The van der Waals surface area contributed by atoms with Gasteiger partial charge in [0.25, 0.3) is 10.0 Å². The molecule has 6 rings (SSSR count). The second kappa shape index (κ2) is 9.06. The van der Waals surface area contributed by atoms with Crippen molar-refractivity contribution in [3.05, 3.63) is 54.6 Å². The van der Waals surface area contributed by atoms with Crippen LogP contribution in [0.25, 0.3) is 22.2 Å². The quantitative estimate of drug-likeness (QED) is 0.370. The Kier molecular flexibility index (Phi) is 5.79. The first kappa shape index (κ1) is 24.3. The normalized spacial score (nSPS) is 19.4. The molecule has 2 atom stereocenters. The second-order valence-electron chi connectivity index (χ2n) is 10.3. The third kappa shape index (κ3) is 4.15. The molecule has 0 amide bonds. The molecule has 38 heavy (non-hydrogen) atoms. The molecule has 1 saturated carbocycles.